The largest absolute Gasteiger partial charge is 0.136 e. The summed E-state index contributed by atoms with van der Waals surface area (Å²) in [7, 11) is 0. The zero-order valence-corrected chi connectivity index (χ0v) is 7.84. The van der Waals surface area contributed by atoms with Gasteiger partial charge in [0.05, 0.1) is 0 Å². The molecule has 0 radical (unpaired) electrons. The molecular weight excluding hydrogens is 167 g/mol. The van der Waals surface area contributed by atoms with Crippen LogP contribution in [-0.4, -0.2) is 4.33 Å². The number of allylic oxidation sites excluding steroid dienone is 2. The predicted molar refractivity (Wildman–Crippen MR) is 46.6 cm³/mol. The first kappa shape index (κ1) is 8.42. The Balaban J connectivity index is 2.72. The predicted octanol–water partition coefficient (Wildman–Crippen LogP) is 3.54. The van der Waals surface area contributed by atoms with Gasteiger partial charge in [-0.3, -0.25) is 0 Å². The third kappa shape index (κ3) is 1.67. The SMILES string of the molecule is CC1CCC=C1C(C)(Cl)Cl. The van der Waals surface area contributed by atoms with Crippen LogP contribution in [0.4, 0.5) is 0 Å². The maximum Gasteiger partial charge on any atom is 0.136 e. The number of hydrogen-bond acceptors (Lipinski definition) is 0. The maximum atomic E-state index is 5.93. The molecule has 1 aliphatic carbocycles. The molecule has 1 unspecified atom stereocenters. The van der Waals surface area contributed by atoms with Crippen LogP contribution >= 0.6 is 23.2 Å². The van der Waals surface area contributed by atoms with Crippen LogP contribution < -0.4 is 0 Å². The molecule has 1 atom stereocenters. The molecule has 1 aliphatic rings. The van der Waals surface area contributed by atoms with E-state index in [4.69, 9.17) is 23.2 Å². The van der Waals surface area contributed by atoms with Crippen LogP contribution in [0.1, 0.15) is 26.7 Å². The minimum absolute atomic E-state index is 0.569. The van der Waals surface area contributed by atoms with Crippen molar-refractivity contribution in [2.75, 3.05) is 0 Å². The van der Waals surface area contributed by atoms with Crippen molar-refractivity contribution in [3.8, 4) is 0 Å². The lowest BCUT2D eigenvalue weighted by Crippen LogP contribution is -2.13. The number of rotatable bonds is 1. The summed E-state index contributed by atoms with van der Waals surface area (Å²) >= 11 is 11.9. The van der Waals surface area contributed by atoms with Crippen LogP contribution in [0.3, 0.4) is 0 Å². The monoisotopic (exact) mass is 178 g/mol. The Kier molecular flexibility index (Phi) is 2.31. The lowest BCUT2D eigenvalue weighted by atomic mass is 10.0. The van der Waals surface area contributed by atoms with Crippen LogP contribution in [0.25, 0.3) is 0 Å². The van der Waals surface area contributed by atoms with E-state index < -0.39 is 4.33 Å². The van der Waals surface area contributed by atoms with E-state index in [0.717, 1.165) is 6.42 Å². The summed E-state index contributed by atoms with van der Waals surface area (Å²) in [5.74, 6) is 0.569. The first-order chi connectivity index (χ1) is 4.52. The molecule has 0 nitrogen and oxygen atoms in total. The van der Waals surface area contributed by atoms with E-state index in [1.807, 2.05) is 6.92 Å². The Morgan fingerprint density at radius 2 is 2.20 bits per heavy atom. The Morgan fingerprint density at radius 3 is 2.40 bits per heavy atom. The Morgan fingerprint density at radius 1 is 1.60 bits per heavy atom. The summed E-state index contributed by atoms with van der Waals surface area (Å²) in [6.07, 6.45) is 4.49. The molecule has 0 aliphatic heterocycles. The Labute approximate surface area is 72.2 Å². The van der Waals surface area contributed by atoms with Crippen molar-refractivity contribution in [2.24, 2.45) is 5.92 Å². The molecule has 0 spiro atoms. The van der Waals surface area contributed by atoms with Gasteiger partial charge in [-0.15, -0.1) is 0 Å². The number of halogens is 2. The normalized spacial score (nSPS) is 26.8. The van der Waals surface area contributed by atoms with Crippen LogP contribution in [-0.2, 0) is 0 Å². The molecule has 0 aromatic carbocycles. The van der Waals surface area contributed by atoms with E-state index >= 15 is 0 Å². The van der Waals surface area contributed by atoms with Gasteiger partial charge in [0, 0.05) is 0 Å². The van der Waals surface area contributed by atoms with Gasteiger partial charge in [0.2, 0.25) is 0 Å². The van der Waals surface area contributed by atoms with Crippen molar-refractivity contribution in [3.63, 3.8) is 0 Å². The van der Waals surface area contributed by atoms with Gasteiger partial charge in [0.1, 0.15) is 4.33 Å². The molecule has 0 saturated heterocycles. The van der Waals surface area contributed by atoms with E-state index in [2.05, 4.69) is 13.0 Å². The first-order valence-electron chi connectivity index (χ1n) is 3.60. The molecule has 2 heteroatoms. The smallest absolute Gasteiger partial charge is 0.0970 e. The van der Waals surface area contributed by atoms with Gasteiger partial charge in [-0.2, -0.15) is 0 Å². The second kappa shape index (κ2) is 2.75. The summed E-state index contributed by atoms with van der Waals surface area (Å²) in [6.45, 7) is 4.01. The number of hydrogen-bond donors (Lipinski definition) is 0. The molecular formula is C8H12Cl2. The van der Waals surface area contributed by atoms with Gasteiger partial charge >= 0.3 is 0 Å². The van der Waals surface area contributed by atoms with E-state index in [9.17, 15) is 0 Å². The zero-order valence-electron chi connectivity index (χ0n) is 6.32. The summed E-state index contributed by atoms with van der Waals surface area (Å²) in [4.78, 5) is 0. The van der Waals surface area contributed by atoms with E-state index in [0.29, 0.717) is 5.92 Å². The van der Waals surface area contributed by atoms with E-state index in [1.54, 1.807) is 0 Å². The molecule has 10 heavy (non-hydrogen) atoms. The summed E-state index contributed by atoms with van der Waals surface area (Å²) < 4.78 is -0.643. The van der Waals surface area contributed by atoms with Crippen molar-refractivity contribution in [3.05, 3.63) is 11.6 Å². The first-order valence-corrected chi connectivity index (χ1v) is 4.36. The third-order valence-electron chi connectivity index (χ3n) is 2.00. The fourth-order valence-electron chi connectivity index (χ4n) is 1.46. The Hall–Kier alpha value is 0.320. The molecule has 0 saturated carbocycles. The Bertz CT molecular complexity index is 153. The fourth-order valence-corrected chi connectivity index (χ4v) is 1.98. The van der Waals surface area contributed by atoms with Gasteiger partial charge in [-0.25, -0.2) is 0 Å². The number of alkyl halides is 2. The van der Waals surface area contributed by atoms with E-state index in [-0.39, 0.29) is 0 Å². The van der Waals surface area contributed by atoms with Gasteiger partial charge in [0.25, 0.3) is 0 Å². The van der Waals surface area contributed by atoms with Gasteiger partial charge in [0.15, 0.2) is 0 Å². The fraction of sp³-hybridized carbons (Fsp3) is 0.750. The van der Waals surface area contributed by atoms with Crippen molar-refractivity contribution in [2.45, 2.75) is 31.0 Å². The minimum Gasteiger partial charge on any atom is -0.0970 e. The minimum atomic E-state index is -0.643. The van der Waals surface area contributed by atoms with Crippen molar-refractivity contribution in [1.29, 1.82) is 0 Å². The van der Waals surface area contributed by atoms with Gasteiger partial charge in [-0.1, -0.05) is 36.2 Å². The van der Waals surface area contributed by atoms with Crippen LogP contribution in [0.15, 0.2) is 11.6 Å². The standard InChI is InChI=1S/C8H12Cl2/c1-6-4-3-5-7(6)8(2,9)10/h5-6H,3-4H2,1-2H3. The molecule has 58 valence electrons. The summed E-state index contributed by atoms with van der Waals surface area (Å²) in [5.41, 5.74) is 1.19. The van der Waals surface area contributed by atoms with Crippen LogP contribution in [0.5, 0.6) is 0 Å². The van der Waals surface area contributed by atoms with Crippen LogP contribution in [0.2, 0.25) is 0 Å². The second-order valence-corrected chi connectivity index (χ2v) is 4.73. The average molecular weight is 179 g/mol. The van der Waals surface area contributed by atoms with E-state index in [1.165, 1.54) is 12.0 Å². The average Bonchev–Trinajstić information content (AvgIpc) is 2.11. The molecule has 0 fully saturated rings. The van der Waals surface area contributed by atoms with Crippen molar-refractivity contribution in [1.82, 2.24) is 0 Å². The highest BCUT2D eigenvalue weighted by Crippen LogP contribution is 2.39. The summed E-state index contributed by atoms with van der Waals surface area (Å²) in [5, 5.41) is 0. The highest BCUT2D eigenvalue weighted by molar-refractivity contribution is 6.50. The molecule has 0 aromatic heterocycles. The van der Waals surface area contributed by atoms with Gasteiger partial charge in [-0.05, 0) is 31.3 Å². The topological polar surface area (TPSA) is 0 Å². The van der Waals surface area contributed by atoms with Crippen molar-refractivity contribution >= 4 is 23.2 Å². The lowest BCUT2D eigenvalue weighted by Gasteiger charge is -2.19. The van der Waals surface area contributed by atoms with Crippen molar-refractivity contribution < 1.29 is 0 Å². The zero-order chi connectivity index (χ0) is 7.78. The van der Waals surface area contributed by atoms with Crippen LogP contribution in [0, 0.1) is 5.92 Å². The summed E-state index contributed by atoms with van der Waals surface area (Å²) in [6, 6.07) is 0. The molecule has 0 aromatic rings. The quantitative estimate of drug-likeness (QED) is 0.426. The third-order valence-corrected chi connectivity index (χ3v) is 2.44. The molecule has 0 amide bonds. The maximum absolute atomic E-state index is 5.93. The van der Waals surface area contributed by atoms with Gasteiger partial charge < -0.3 is 0 Å². The highest BCUT2D eigenvalue weighted by Gasteiger charge is 2.29. The lowest BCUT2D eigenvalue weighted by molar-refractivity contribution is 0.643. The second-order valence-electron chi connectivity index (χ2n) is 3.03. The highest BCUT2D eigenvalue weighted by atomic mass is 35.5. The molecule has 0 bridgehead atoms. The molecule has 0 heterocycles. The molecule has 1 rings (SSSR count). The molecule has 0 N–H and O–H groups in total.